The summed E-state index contributed by atoms with van der Waals surface area (Å²) in [5, 5.41) is 10.1. The molecule has 35 heavy (non-hydrogen) atoms. The quantitative estimate of drug-likeness (QED) is 0.562. The van der Waals surface area contributed by atoms with E-state index in [-0.39, 0.29) is 16.9 Å². The molecule has 1 aromatic heterocycles. The minimum Gasteiger partial charge on any atom is -0.370 e. The number of hydrogen-bond donors (Lipinski definition) is 3. The molecule has 2 unspecified atom stereocenters. The molecule has 0 fully saturated rings. The third kappa shape index (κ3) is 5.62. The zero-order chi connectivity index (χ0) is 25.4. The van der Waals surface area contributed by atoms with Gasteiger partial charge < -0.3 is 15.5 Å². The van der Waals surface area contributed by atoms with Gasteiger partial charge in [-0.25, -0.2) is 13.4 Å². The Morgan fingerprint density at radius 2 is 1.89 bits per heavy atom. The average molecular weight is 508 g/mol. The maximum absolute atomic E-state index is 13.9. The molecular weight excluding hydrogens is 479 g/mol. The van der Waals surface area contributed by atoms with Crippen LogP contribution in [0.2, 0.25) is 0 Å². The van der Waals surface area contributed by atoms with E-state index in [0.29, 0.717) is 24.6 Å². The molecule has 0 saturated carbocycles. The van der Waals surface area contributed by atoms with Gasteiger partial charge in [-0.15, -0.1) is 0 Å². The molecule has 2 atom stereocenters. The van der Waals surface area contributed by atoms with E-state index in [1.165, 1.54) is 29.3 Å². The molecule has 0 amide bonds. The lowest BCUT2D eigenvalue weighted by atomic mass is 10.0. The van der Waals surface area contributed by atoms with Gasteiger partial charge >= 0.3 is 6.18 Å². The number of benzene rings is 1. The van der Waals surface area contributed by atoms with Gasteiger partial charge in [0.1, 0.15) is 12.0 Å². The number of nitrogens with zero attached hydrogens (tertiary/aromatic N) is 2. The molecule has 0 aliphatic carbocycles. The predicted octanol–water partition coefficient (Wildman–Crippen LogP) is 4.09. The standard InChI is InChI=1S/C24H28F3N5O2S/c1-15(2)22-29-14-16-13-21(30-17-6-8-18(9-7-17)35(3,33)34)32(12-10-20(16)31-22)23-19(24(25,26)27)5-4-11-28-23/h4-12,15,21-22,29-31H,13-14H2,1-3H3. The average Bonchev–Trinajstić information content (AvgIpc) is 2.96. The molecule has 0 bridgehead atoms. The van der Waals surface area contributed by atoms with Crippen molar-refractivity contribution in [2.75, 3.05) is 23.0 Å². The third-order valence-corrected chi connectivity index (χ3v) is 7.15. The second-order valence-corrected chi connectivity index (χ2v) is 11.0. The van der Waals surface area contributed by atoms with Gasteiger partial charge in [0.05, 0.1) is 16.6 Å². The highest BCUT2D eigenvalue weighted by atomic mass is 32.2. The maximum atomic E-state index is 13.9. The number of pyridine rings is 1. The van der Waals surface area contributed by atoms with E-state index >= 15 is 0 Å². The van der Waals surface area contributed by atoms with Gasteiger partial charge in [-0.1, -0.05) is 13.8 Å². The van der Waals surface area contributed by atoms with Crippen molar-refractivity contribution in [1.29, 1.82) is 0 Å². The first-order chi connectivity index (χ1) is 16.4. The Balaban J connectivity index is 1.73. The number of aromatic nitrogens is 1. The van der Waals surface area contributed by atoms with E-state index in [1.54, 1.807) is 24.4 Å². The first-order valence-corrected chi connectivity index (χ1v) is 13.1. The zero-order valence-electron chi connectivity index (χ0n) is 19.6. The van der Waals surface area contributed by atoms with Crippen LogP contribution >= 0.6 is 0 Å². The van der Waals surface area contributed by atoms with Crippen molar-refractivity contribution in [2.45, 2.75) is 43.7 Å². The molecule has 0 radical (unpaired) electrons. The minimum absolute atomic E-state index is 0.0421. The van der Waals surface area contributed by atoms with Crippen LogP contribution in [0.4, 0.5) is 24.7 Å². The van der Waals surface area contributed by atoms with Gasteiger partial charge in [-0.05, 0) is 54.0 Å². The van der Waals surface area contributed by atoms with Crippen LogP contribution in [0.5, 0.6) is 0 Å². The molecule has 2 aromatic rings. The highest BCUT2D eigenvalue weighted by Gasteiger charge is 2.37. The Bertz CT molecular complexity index is 1240. The van der Waals surface area contributed by atoms with E-state index in [2.05, 4.69) is 34.8 Å². The topological polar surface area (TPSA) is 86.4 Å². The fraction of sp³-hybridized carbons (Fsp3) is 0.375. The summed E-state index contributed by atoms with van der Waals surface area (Å²) in [5.74, 6) is 0.0985. The number of alkyl halides is 3. The van der Waals surface area contributed by atoms with Crippen molar-refractivity contribution >= 4 is 21.3 Å². The van der Waals surface area contributed by atoms with Gasteiger partial charge in [0, 0.05) is 43.0 Å². The van der Waals surface area contributed by atoms with Gasteiger partial charge in [0.15, 0.2) is 9.84 Å². The van der Waals surface area contributed by atoms with E-state index in [9.17, 15) is 21.6 Å². The molecule has 7 nitrogen and oxygen atoms in total. The number of hydrogen-bond acceptors (Lipinski definition) is 7. The van der Waals surface area contributed by atoms with Crippen LogP contribution < -0.4 is 20.9 Å². The largest absolute Gasteiger partial charge is 0.419 e. The number of allylic oxidation sites excluding steroid dienone is 1. The summed E-state index contributed by atoms with van der Waals surface area (Å²) < 4.78 is 65.2. The monoisotopic (exact) mass is 507 g/mol. The number of anilines is 2. The molecule has 2 aliphatic heterocycles. The lowest BCUT2D eigenvalue weighted by Crippen LogP contribution is -2.50. The molecule has 1 aromatic carbocycles. The molecule has 11 heteroatoms. The van der Waals surface area contributed by atoms with Crippen LogP contribution in [0.25, 0.3) is 0 Å². The predicted molar refractivity (Wildman–Crippen MR) is 129 cm³/mol. The summed E-state index contributed by atoms with van der Waals surface area (Å²) in [6, 6.07) is 8.43. The lowest BCUT2D eigenvalue weighted by molar-refractivity contribution is -0.137. The molecule has 4 rings (SSSR count). The molecule has 2 aliphatic rings. The minimum atomic E-state index is -4.58. The van der Waals surface area contributed by atoms with Crippen molar-refractivity contribution in [3.8, 4) is 0 Å². The number of halogens is 3. The number of rotatable bonds is 5. The van der Waals surface area contributed by atoms with Crippen molar-refractivity contribution < 1.29 is 21.6 Å². The van der Waals surface area contributed by atoms with Crippen LogP contribution in [0.3, 0.4) is 0 Å². The Labute approximate surface area is 203 Å². The molecule has 188 valence electrons. The SMILES string of the molecule is CC(C)C1NCC2=C(C=CN(c3ncccc3C(F)(F)F)C(Nc3ccc(S(C)(=O)=O)cc3)C2)N1. The first-order valence-electron chi connectivity index (χ1n) is 11.2. The van der Waals surface area contributed by atoms with E-state index in [1.807, 2.05) is 0 Å². The molecular formula is C24H28F3N5O2S. The molecule has 3 heterocycles. The second kappa shape index (κ2) is 9.54. The van der Waals surface area contributed by atoms with Crippen molar-refractivity contribution in [2.24, 2.45) is 5.92 Å². The Kier molecular flexibility index (Phi) is 6.83. The summed E-state index contributed by atoms with van der Waals surface area (Å²) in [6.45, 7) is 4.75. The van der Waals surface area contributed by atoms with E-state index < -0.39 is 27.7 Å². The third-order valence-electron chi connectivity index (χ3n) is 6.02. The summed E-state index contributed by atoms with van der Waals surface area (Å²) in [4.78, 5) is 5.74. The smallest absolute Gasteiger partial charge is 0.370 e. The van der Waals surface area contributed by atoms with Crippen LogP contribution in [0.1, 0.15) is 25.8 Å². The van der Waals surface area contributed by atoms with Crippen molar-refractivity contribution in [1.82, 2.24) is 15.6 Å². The summed E-state index contributed by atoms with van der Waals surface area (Å²) in [5.41, 5.74) is 1.62. The number of nitrogens with one attached hydrogen (secondary N) is 3. The summed E-state index contributed by atoms with van der Waals surface area (Å²) in [7, 11) is -3.37. The Morgan fingerprint density at radius 1 is 1.17 bits per heavy atom. The van der Waals surface area contributed by atoms with Crippen LogP contribution in [0.15, 0.2) is 71.0 Å². The second-order valence-electron chi connectivity index (χ2n) is 9.02. The fourth-order valence-electron chi connectivity index (χ4n) is 4.14. The van der Waals surface area contributed by atoms with Gasteiger partial charge in [-0.2, -0.15) is 13.2 Å². The Hall–Kier alpha value is -3.05. The first kappa shape index (κ1) is 25.1. The van der Waals surface area contributed by atoms with Crippen LogP contribution in [-0.4, -0.2) is 38.5 Å². The molecule has 3 N–H and O–H groups in total. The summed E-state index contributed by atoms with van der Waals surface area (Å²) >= 11 is 0. The van der Waals surface area contributed by atoms with Crippen molar-refractivity contribution in [3.05, 3.63) is 71.7 Å². The maximum Gasteiger partial charge on any atom is 0.419 e. The fourth-order valence-corrected chi connectivity index (χ4v) is 4.77. The van der Waals surface area contributed by atoms with Crippen LogP contribution in [-0.2, 0) is 16.0 Å². The molecule has 0 saturated heterocycles. The van der Waals surface area contributed by atoms with E-state index in [0.717, 1.165) is 23.6 Å². The number of sulfone groups is 1. The van der Waals surface area contributed by atoms with Gasteiger partial charge in [0.2, 0.25) is 0 Å². The van der Waals surface area contributed by atoms with Gasteiger partial charge in [0.25, 0.3) is 0 Å². The summed E-state index contributed by atoms with van der Waals surface area (Å²) in [6.07, 6.45) is 1.10. The lowest BCUT2D eigenvalue weighted by Gasteiger charge is -2.34. The highest BCUT2D eigenvalue weighted by Crippen LogP contribution is 2.37. The molecule has 0 spiro atoms. The van der Waals surface area contributed by atoms with Gasteiger partial charge in [-0.3, -0.25) is 5.32 Å². The van der Waals surface area contributed by atoms with Crippen LogP contribution in [0, 0.1) is 5.92 Å². The highest BCUT2D eigenvalue weighted by molar-refractivity contribution is 7.90. The normalized spacial score (nSPS) is 20.9. The zero-order valence-corrected chi connectivity index (χ0v) is 20.4. The van der Waals surface area contributed by atoms with E-state index in [4.69, 9.17) is 0 Å². The Morgan fingerprint density at radius 3 is 2.51 bits per heavy atom. The van der Waals surface area contributed by atoms with Crippen molar-refractivity contribution in [3.63, 3.8) is 0 Å².